The minimum absolute atomic E-state index is 0.0598. The molecule has 0 bridgehead atoms. The van der Waals surface area contributed by atoms with E-state index < -0.39 is 69.0 Å². The van der Waals surface area contributed by atoms with Crippen molar-refractivity contribution < 1.29 is 35.5 Å². The molecule has 0 fully saturated rings. The lowest BCUT2D eigenvalue weighted by atomic mass is 10.0. The van der Waals surface area contributed by atoms with Crippen LogP contribution in [0, 0.1) is 30.2 Å². The number of nitrogens with one attached hydrogen (secondary N) is 2. The fraction of sp³-hybridized carbons (Fsp3) is 0.296. The van der Waals surface area contributed by atoms with Crippen molar-refractivity contribution in [2.45, 2.75) is 44.2 Å². The lowest BCUT2D eigenvalue weighted by molar-refractivity contribution is 0.0802. The Labute approximate surface area is 241 Å². The Balaban J connectivity index is 1.81. The van der Waals surface area contributed by atoms with E-state index in [1.165, 1.54) is 20.0 Å². The van der Waals surface area contributed by atoms with E-state index in [1.807, 2.05) is 4.72 Å². The average molecular weight is 624 g/mol. The first kappa shape index (κ1) is 31.1. The van der Waals surface area contributed by atoms with Gasteiger partial charge in [-0.3, -0.25) is 14.5 Å². The number of aromatic nitrogens is 3. The van der Waals surface area contributed by atoms with Crippen molar-refractivity contribution in [1.82, 2.24) is 20.1 Å². The number of benzene rings is 2. The summed E-state index contributed by atoms with van der Waals surface area (Å²) in [4.78, 5) is 15.6. The van der Waals surface area contributed by atoms with Gasteiger partial charge < -0.3 is 10.1 Å². The highest BCUT2D eigenvalue weighted by atomic mass is 32.2. The van der Waals surface area contributed by atoms with Crippen LogP contribution < -0.4 is 10.0 Å². The second-order valence-corrected chi connectivity index (χ2v) is 18.0. The van der Waals surface area contributed by atoms with Crippen molar-refractivity contribution in [3.8, 4) is 11.1 Å². The van der Waals surface area contributed by atoms with Crippen LogP contribution in [0.25, 0.3) is 22.0 Å². The van der Waals surface area contributed by atoms with E-state index in [0.717, 1.165) is 35.1 Å². The van der Waals surface area contributed by atoms with E-state index in [2.05, 4.69) is 35.0 Å². The Hall–Kier alpha value is -3.82. The molecule has 0 aliphatic heterocycles. The highest BCUT2D eigenvalue weighted by Crippen LogP contribution is 2.36. The smallest absolute Gasteiger partial charge is 0.272 e. The topological polar surface area (TPSA) is 115 Å². The molecule has 2 aromatic carbocycles. The van der Waals surface area contributed by atoms with Crippen molar-refractivity contribution in [2.75, 3.05) is 18.4 Å². The van der Waals surface area contributed by atoms with Crippen molar-refractivity contribution in [1.29, 1.82) is 0 Å². The molecule has 0 saturated carbocycles. The maximum absolute atomic E-state index is 16.1. The van der Waals surface area contributed by atoms with Gasteiger partial charge in [0, 0.05) is 32.7 Å². The maximum atomic E-state index is 16.1. The number of anilines is 1. The Morgan fingerprint density at radius 1 is 1.07 bits per heavy atom. The van der Waals surface area contributed by atoms with Gasteiger partial charge in [0.2, 0.25) is 0 Å². The molecule has 0 atom stereocenters. The maximum Gasteiger partial charge on any atom is 0.272 e. The molecule has 0 spiro atoms. The number of aryl methyl sites for hydroxylation is 1. The zero-order valence-corrected chi connectivity index (χ0v) is 25.3. The summed E-state index contributed by atoms with van der Waals surface area (Å²) in [5.74, 6) is -5.24. The number of hydrogen-bond acceptors (Lipinski definition) is 6. The van der Waals surface area contributed by atoms with Crippen LogP contribution in [-0.2, 0) is 21.5 Å². The third-order valence-electron chi connectivity index (χ3n) is 6.40. The van der Waals surface area contributed by atoms with E-state index in [0.29, 0.717) is 12.7 Å². The number of nitrogens with zero attached hydrogens (tertiary/aromatic N) is 3. The Kier molecular flexibility index (Phi) is 8.75. The highest BCUT2D eigenvalue weighted by Gasteiger charge is 2.27. The van der Waals surface area contributed by atoms with Crippen LogP contribution in [-0.4, -0.2) is 50.8 Å². The van der Waals surface area contributed by atoms with Crippen molar-refractivity contribution in [3.63, 3.8) is 0 Å². The van der Waals surface area contributed by atoms with Gasteiger partial charge in [0.05, 0.1) is 23.1 Å². The lowest BCUT2D eigenvalue weighted by Gasteiger charge is -2.16. The van der Waals surface area contributed by atoms with Gasteiger partial charge in [0.1, 0.15) is 28.8 Å². The largest absolute Gasteiger partial charge is 0.360 e. The normalized spacial score (nSPS) is 12.1. The number of ether oxygens (including phenoxy) is 1. The van der Waals surface area contributed by atoms with Crippen LogP contribution in [0.5, 0.6) is 0 Å². The number of carbonyl (C=O) groups excluding carboxylic acids is 1. The summed E-state index contributed by atoms with van der Waals surface area (Å²) in [5.41, 5.74) is -2.52. The van der Waals surface area contributed by atoms with E-state index in [1.54, 1.807) is 0 Å². The minimum atomic E-state index is -4.57. The average Bonchev–Trinajstić information content (AvgIpc) is 3.29. The van der Waals surface area contributed by atoms with Crippen LogP contribution in [0.15, 0.2) is 41.4 Å². The molecular formula is C27H29F4N5O4SSi. The van der Waals surface area contributed by atoms with Gasteiger partial charge in [0.15, 0.2) is 17.3 Å². The second-order valence-electron chi connectivity index (χ2n) is 10.7. The zero-order chi connectivity index (χ0) is 31.0. The summed E-state index contributed by atoms with van der Waals surface area (Å²) < 4.78 is 95.2. The number of sulfonamides is 1. The first-order valence-corrected chi connectivity index (χ1v) is 18.0. The van der Waals surface area contributed by atoms with Gasteiger partial charge in [-0.25, -0.2) is 30.7 Å². The van der Waals surface area contributed by atoms with Crippen LogP contribution >= 0.6 is 0 Å². The number of hydrogen-bond donors (Lipinski definition) is 2. The Bertz CT molecular complexity index is 1790. The summed E-state index contributed by atoms with van der Waals surface area (Å²) in [6.45, 7) is 7.91. The molecule has 0 aliphatic carbocycles. The molecule has 0 unspecified atom stereocenters. The van der Waals surface area contributed by atoms with Gasteiger partial charge in [-0.15, -0.1) is 0 Å². The van der Waals surface area contributed by atoms with Crippen LogP contribution in [0.4, 0.5) is 23.2 Å². The summed E-state index contributed by atoms with van der Waals surface area (Å²) >= 11 is 0. The number of fused-ring (bicyclic) bond motifs is 1. The number of rotatable bonds is 10. The van der Waals surface area contributed by atoms with E-state index in [4.69, 9.17) is 4.74 Å². The number of carbonyl (C=O) groups is 1. The molecule has 0 saturated heterocycles. The predicted molar refractivity (Wildman–Crippen MR) is 152 cm³/mol. The number of halogens is 4. The van der Waals surface area contributed by atoms with Gasteiger partial charge in [-0.2, -0.15) is 5.10 Å². The quantitative estimate of drug-likeness (QED) is 0.138. The standard InChI is InChI=1S/C27H29F4N5O4SSi/c1-15-21(12-16(28)13-33-15)41(38,39)35-20-9-8-19(29)22(24(20)31)17-6-7-18-25(27(37)32-2)34-36(26(18)23(17)30)14-40-10-11-42(3,4)5/h6-9,12-13,35H,10-11,14H2,1-5H3,(H,32,37). The molecule has 0 radical (unpaired) electrons. The van der Waals surface area contributed by atoms with Crippen molar-refractivity contribution >= 4 is 40.6 Å². The second kappa shape index (κ2) is 11.8. The van der Waals surface area contributed by atoms with Crippen LogP contribution in [0.1, 0.15) is 16.2 Å². The summed E-state index contributed by atoms with van der Waals surface area (Å²) in [6.07, 6.45) is 0.821. The van der Waals surface area contributed by atoms with Crippen LogP contribution in [0.3, 0.4) is 0 Å². The number of pyridine rings is 1. The summed E-state index contributed by atoms with van der Waals surface area (Å²) in [7, 11) is -4.63. The summed E-state index contributed by atoms with van der Waals surface area (Å²) in [6, 6.07) is 5.47. The molecule has 9 nitrogen and oxygen atoms in total. The molecule has 4 rings (SSSR count). The van der Waals surface area contributed by atoms with Gasteiger partial charge in [-0.1, -0.05) is 25.7 Å². The third-order valence-corrected chi connectivity index (χ3v) is 9.59. The van der Waals surface area contributed by atoms with E-state index in [9.17, 15) is 17.6 Å². The fourth-order valence-electron chi connectivity index (χ4n) is 4.17. The zero-order valence-electron chi connectivity index (χ0n) is 23.5. The molecule has 1 amide bonds. The molecule has 4 aromatic rings. The molecule has 2 heterocycles. The van der Waals surface area contributed by atoms with Crippen LogP contribution in [0.2, 0.25) is 25.7 Å². The summed E-state index contributed by atoms with van der Waals surface area (Å²) in [5, 5.41) is 6.69. The molecule has 0 aliphatic rings. The monoisotopic (exact) mass is 623 g/mol. The minimum Gasteiger partial charge on any atom is -0.360 e. The highest BCUT2D eigenvalue weighted by molar-refractivity contribution is 7.92. The van der Waals surface area contributed by atoms with Crippen molar-refractivity contribution in [3.05, 3.63) is 71.2 Å². The molecule has 15 heteroatoms. The molecule has 42 heavy (non-hydrogen) atoms. The van der Waals surface area contributed by atoms with Gasteiger partial charge >= 0.3 is 0 Å². The first-order valence-electron chi connectivity index (χ1n) is 12.8. The van der Waals surface area contributed by atoms with Gasteiger partial charge in [0.25, 0.3) is 15.9 Å². The lowest BCUT2D eigenvalue weighted by Crippen LogP contribution is -2.22. The Morgan fingerprint density at radius 3 is 2.45 bits per heavy atom. The SMILES string of the molecule is CNC(=O)c1nn(COCC[Si](C)(C)C)c2c(F)c(-c3c(F)ccc(NS(=O)(=O)c4cc(F)cnc4C)c3F)ccc12. The molecule has 2 N–H and O–H groups in total. The number of amides is 1. The van der Waals surface area contributed by atoms with E-state index >= 15 is 13.2 Å². The Morgan fingerprint density at radius 2 is 1.79 bits per heavy atom. The first-order chi connectivity index (χ1) is 19.6. The van der Waals surface area contributed by atoms with Gasteiger partial charge in [-0.05, 0) is 37.2 Å². The third kappa shape index (κ3) is 6.32. The molecule has 2 aromatic heterocycles. The van der Waals surface area contributed by atoms with Crippen molar-refractivity contribution in [2.24, 2.45) is 0 Å². The predicted octanol–water partition coefficient (Wildman–Crippen LogP) is 5.44. The fourth-order valence-corrected chi connectivity index (χ4v) is 6.20. The molecular weight excluding hydrogens is 594 g/mol. The van der Waals surface area contributed by atoms with E-state index in [-0.39, 0.29) is 29.0 Å². The molecule has 224 valence electrons.